The van der Waals surface area contributed by atoms with Gasteiger partial charge in [-0.2, -0.15) is 0 Å². The van der Waals surface area contributed by atoms with Gasteiger partial charge in [-0.3, -0.25) is 4.79 Å². The summed E-state index contributed by atoms with van der Waals surface area (Å²) in [5, 5.41) is 2.63. The number of nitrogens with one attached hydrogen (secondary N) is 1. The normalized spacial score (nSPS) is 15.6. The maximum Gasteiger partial charge on any atom is 0.277 e. The minimum Gasteiger partial charge on any atom is -0.451 e. The molecule has 4 rings (SSSR count). The fraction of sp³-hybridized carbons (Fsp3) is 0.211. The molecule has 3 heterocycles. The van der Waals surface area contributed by atoms with Gasteiger partial charge in [0.05, 0.1) is 12.2 Å². The number of pyridine rings is 1. The van der Waals surface area contributed by atoms with Crippen molar-refractivity contribution < 1.29 is 22.4 Å². The van der Waals surface area contributed by atoms with E-state index in [4.69, 9.17) is 4.42 Å². The summed E-state index contributed by atoms with van der Waals surface area (Å²) in [7, 11) is 0. The van der Waals surface area contributed by atoms with Crippen LogP contribution >= 0.6 is 0 Å². The minimum atomic E-state index is -2.86. The fourth-order valence-electron chi connectivity index (χ4n) is 3.14. The van der Waals surface area contributed by atoms with Crippen LogP contribution in [0.15, 0.2) is 53.6 Å². The third kappa shape index (κ3) is 3.42. The van der Waals surface area contributed by atoms with Gasteiger partial charge in [-0.15, -0.1) is 0 Å². The molecule has 0 bridgehead atoms. The van der Waals surface area contributed by atoms with Crippen molar-refractivity contribution in [2.24, 2.45) is 0 Å². The van der Waals surface area contributed by atoms with E-state index in [0.717, 1.165) is 12.7 Å². The molecule has 0 atom stereocenters. The van der Waals surface area contributed by atoms with Crippen LogP contribution in [0.5, 0.6) is 0 Å². The lowest BCUT2D eigenvalue weighted by Gasteiger charge is -2.22. The maximum atomic E-state index is 14.4. The predicted molar refractivity (Wildman–Crippen MR) is 95.9 cm³/mol. The van der Waals surface area contributed by atoms with Crippen LogP contribution in [-0.4, -0.2) is 34.9 Å². The molecule has 144 valence electrons. The van der Waals surface area contributed by atoms with E-state index in [9.17, 15) is 18.0 Å². The fourth-order valence-corrected chi connectivity index (χ4v) is 3.14. The minimum absolute atomic E-state index is 0.000962. The number of benzene rings is 1. The number of hydrogen-bond donors (Lipinski definition) is 1. The summed E-state index contributed by atoms with van der Waals surface area (Å²) in [6, 6.07) is 7.53. The summed E-state index contributed by atoms with van der Waals surface area (Å²) in [5.74, 6) is -3.84. The summed E-state index contributed by atoms with van der Waals surface area (Å²) in [5.41, 5.74) is 0.682. The first kappa shape index (κ1) is 18.0. The first-order valence-corrected chi connectivity index (χ1v) is 8.51. The number of carbonyl (C=O) groups is 1. The Kier molecular flexibility index (Phi) is 4.50. The second kappa shape index (κ2) is 6.99. The summed E-state index contributed by atoms with van der Waals surface area (Å²) >= 11 is 0. The SMILES string of the molecule is O=C(Nc1c(-c2ccccc2F)ccnc1N1CCC(F)(F)C1)c1cocn1. The molecule has 9 heteroatoms. The monoisotopic (exact) mass is 388 g/mol. The molecule has 0 saturated carbocycles. The number of carbonyl (C=O) groups excluding carboxylic acids is 1. The molecule has 1 aliphatic rings. The van der Waals surface area contributed by atoms with Crippen molar-refractivity contribution in [3.8, 4) is 11.1 Å². The highest BCUT2D eigenvalue weighted by atomic mass is 19.3. The first-order valence-electron chi connectivity index (χ1n) is 8.51. The van der Waals surface area contributed by atoms with Crippen molar-refractivity contribution in [1.29, 1.82) is 0 Å². The Morgan fingerprint density at radius 3 is 2.68 bits per heavy atom. The van der Waals surface area contributed by atoms with Crippen LogP contribution in [0.1, 0.15) is 16.9 Å². The lowest BCUT2D eigenvalue weighted by Crippen LogP contribution is -2.27. The molecular weight excluding hydrogens is 373 g/mol. The Balaban J connectivity index is 1.81. The molecule has 28 heavy (non-hydrogen) atoms. The standard InChI is InChI=1S/C19H15F3N4O2/c20-14-4-2-1-3-12(14)13-5-7-23-17(26-8-6-19(21,22)10-26)16(13)25-18(27)15-9-28-11-24-15/h1-5,7,9,11H,6,8,10H2,(H,25,27). The lowest BCUT2D eigenvalue weighted by molar-refractivity contribution is 0.0257. The number of amides is 1. The Labute approximate surface area is 158 Å². The molecule has 1 aliphatic heterocycles. The molecule has 0 unspecified atom stereocenters. The van der Waals surface area contributed by atoms with E-state index in [0.29, 0.717) is 5.56 Å². The molecule has 6 nitrogen and oxygen atoms in total. The molecule has 1 N–H and O–H groups in total. The topological polar surface area (TPSA) is 71.3 Å². The number of oxazole rings is 1. The third-order valence-corrected chi connectivity index (χ3v) is 4.47. The maximum absolute atomic E-state index is 14.4. The molecular formula is C19H15F3N4O2. The molecule has 1 saturated heterocycles. The largest absolute Gasteiger partial charge is 0.451 e. The number of nitrogens with zero attached hydrogens (tertiary/aromatic N) is 3. The molecule has 1 amide bonds. The van der Waals surface area contributed by atoms with Crippen LogP contribution in [0.4, 0.5) is 24.7 Å². The van der Waals surface area contributed by atoms with Gasteiger partial charge in [0, 0.05) is 30.3 Å². The number of rotatable bonds is 4. The van der Waals surface area contributed by atoms with E-state index in [1.54, 1.807) is 12.1 Å². The predicted octanol–water partition coefficient (Wildman–Crippen LogP) is 3.97. The van der Waals surface area contributed by atoms with Crippen molar-refractivity contribution in [3.63, 3.8) is 0 Å². The van der Waals surface area contributed by atoms with Crippen molar-refractivity contribution in [2.45, 2.75) is 12.3 Å². The highest BCUT2D eigenvalue weighted by Gasteiger charge is 2.40. The van der Waals surface area contributed by atoms with Gasteiger partial charge in [0.25, 0.3) is 11.8 Å². The number of hydrogen-bond acceptors (Lipinski definition) is 5. The molecule has 1 aromatic carbocycles. The van der Waals surface area contributed by atoms with Crippen molar-refractivity contribution in [1.82, 2.24) is 9.97 Å². The van der Waals surface area contributed by atoms with Crippen molar-refractivity contribution in [3.05, 3.63) is 60.7 Å². The Bertz CT molecular complexity index is 1010. The number of anilines is 2. The molecule has 1 fully saturated rings. The van der Waals surface area contributed by atoms with E-state index in [2.05, 4.69) is 15.3 Å². The summed E-state index contributed by atoms with van der Waals surface area (Å²) in [4.78, 5) is 21.9. The molecule has 2 aromatic heterocycles. The first-order chi connectivity index (χ1) is 13.4. The van der Waals surface area contributed by atoms with E-state index >= 15 is 0 Å². The molecule has 0 aliphatic carbocycles. The third-order valence-electron chi connectivity index (χ3n) is 4.47. The van der Waals surface area contributed by atoms with Crippen molar-refractivity contribution in [2.75, 3.05) is 23.3 Å². The van der Waals surface area contributed by atoms with Crippen LogP contribution < -0.4 is 10.2 Å². The zero-order valence-electron chi connectivity index (χ0n) is 14.5. The number of aromatic nitrogens is 2. The van der Waals surface area contributed by atoms with Gasteiger partial charge in [0.1, 0.15) is 12.1 Å². The highest BCUT2D eigenvalue weighted by molar-refractivity contribution is 6.07. The Morgan fingerprint density at radius 2 is 2.00 bits per heavy atom. The van der Waals surface area contributed by atoms with Gasteiger partial charge in [0.15, 0.2) is 17.9 Å². The average molecular weight is 388 g/mol. The van der Waals surface area contributed by atoms with Crippen LogP contribution in [0, 0.1) is 5.82 Å². The lowest BCUT2D eigenvalue weighted by atomic mass is 10.0. The van der Waals surface area contributed by atoms with E-state index in [1.165, 1.54) is 29.3 Å². The number of alkyl halides is 2. The van der Waals surface area contributed by atoms with E-state index in [1.807, 2.05) is 0 Å². The van der Waals surface area contributed by atoms with Crippen LogP contribution in [0.2, 0.25) is 0 Å². The number of halogens is 3. The van der Waals surface area contributed by atoms with Crippen LogP contribution in [0.25, 0.3) is 11.1 Å². The van der Waals surface area contributed by atoms with E-state index < -0.39 is 24.2 Å². The van der Waals surface area contributed by atoms with Gasteiger partial charge >= 0.3 is 0 Å². The molecule has 0 spiro atoms. The second-order valence-electron chi connectivity index (χ2n) is 6.39. The van der Waals surface area contributed by atoms with Gasteiger partial charge < -0.3 is 14.6 Å². The summed E-state index contributed by atoms with van der Waals surface area (Å²) < 4.78 is 46.7. The molecule has 3 aromatic rings. The average Bonchev–Trinajstić information content (AvgIpc) is 3.32. The van der Waals surface area contributed by atoms with Crippen LogP contribution in [0.3, 0.4) is 0 Å². The van der Waals surface area contributed by atoms with Gasteiger partial charge in [-0.1, -0.05) is 18.2 Å². The summed E-state index contributed by atoms with van der Waals surface area (Å²) in [6.45, 7) is -0.471. The van der Waals surface area contributed by atoms with E-state index in [-0.39, 0.29) is 35.7 Å². The Hall–Kier alpha value is -3.36. The second-order valence-corrected chi connectivity index (χ2v) is 6.39. The van der Waals surface area contributed by atoms with Gasteiger partial charge in [-0.25, -0.2) is 23.1 Å². The Morgan fingerprint density at radius 1 is 1.18 bits per heavy atom. The zero-order valence-corrected chi connectivity index (χ0v) is 14.5. The van der Waals surface area contributed by atoms with Gasteiger partial charge in [-0.05, 0) is 12.1 Å². The van der Waals surface area contributed by atoms with Gasteiger partial charge in [0.2, 0.25) is 0 Å². The quantitative estimate of drug-likeness (QED) is 0.732. The zero-order chi connectivity index (χ0) is 19.7. The van der Waals surface area contributed by atoms with Crippen molar-refractivity contribution >= 4 is 17.4 Å². The summed E-state index contributed by atoms with van der Waals surface area (Å²) in [6.07, 6.45) is 3.32. The highest BCUT2D eigenvalue weighted by Crippen LogP contribution is 2.39. The smallest absolute Gasteiger partial charge is 0.277 e. The molecule has 0 radical (unpaired) electrons. The van der Waals surface area contributed by atoms with Crippen LogP contribution in [-0.2, 0) is 0 Å².